The number of benzene rings is 1. The lowest BCUT2D eigenvalue weighted by molar-refractivity contribution is 0.0442. The molecule has 0 saturated carbocycles. The van der Waals surface area contributed by atoms with E-state index in [4.69, 9.17) is 16.3 Å². The Morgan fingerprint density at radius 1 is 1.30 bits per heavy atom. The summed E-state index contributed by atoms with van der Waals surface area (Å²) in [5.74, 6) is 0. The van der Waals surface area contributed by atoms with Gasteiger partial charge >= 0.3 is 6.03 Å². The van der Waals surface area contributed by atoms with Crippen LogP contribution >= 0.6 is 11.6 Å². The van der Waals surface area contributed by atoms with E-state index >= 15 is 0 Å². The molecule has 27 heavy (non-hydrogen) atoms. The van der Waals surface area contributed by atoms with Gasteiger partial charge in [0.2, 0.25) is 0 Å². The topological polar surface area (TPSA) is 72.3 Å². The summed E-state index contributed by atoms with van der Waals surface area (Å²) in [5, 5.41) is 8.60. The van der Waals surface area contributed by atoms with E-state index in [1.165, 1.54) is 0 Å². The second-order valence-corrected chi connectivity index (χ2v) is 6.85. The number of fused-ring (bicyclic) bond motifs is 1. The summed E-state index contributed by atoms with van der Waals surface area (Å²) < 4.78 is 7.71. The maximum absolute atomic E-state index is 12.9. The molecule has 2 aromatic heterocycles. The van der Waals surface area contributed by atoms with Crippen LogP contribution in [0.4, 0.5) is 10.5 Å². The number of carbonyl (C=O) groups is 1. The number of urea groups is 1. The van der Waals surface area contributed by atoms with E-state index < -0.39 is 0 Å². The first kappa shape index (κ1) is 17.8. The van der Waals surface area contributed by atoms with E-state index in [1.807, 2.05) is 29.1 Å². The minimum Gasteiger partial charge on any atom is -0.374 e. The van der Waals surface area contributed by atoms with Gasteiger partial charge in [0.05, 0.1) is 35.4 Å². The van der Waals surface area contributed by atoms with Crippen molar-refractivity contribution in [2.45, 2.75) is 19.1 Å². The fraction of sp³-hybridized carbons (Fsp3) is 0.316. The molecule has 1 aromatic carbocycles. The van der Waals surface area contributed by atoms with E-state index in [0.29, 0.717) is 42.5 Å². The highest BCUT2D eigenvalue weighted by molar-refractivity contribution is 6.35. The highest BCUT2D eigenvalue weighted by Crippen LogP contribution is 2.28. The second kappa shape index (κ2) is 7.94. The molecular formula is C19H20ClN5O2. The number of pyridine rings is 1. The van der Waals surface area contributed by atoms with Crippen molar-refractivity contribution >= 4 is 34.2 Å². The van der Waals surface area contributed by atoms with Crippen molar-refractivity contribution in [3.63, 3.8) is 0 Å². The first-order valence-electron chi connectivity index (χ1n) is 8.89. The monoisotopic (exact) mass is 385 g/mol. The van der Waals surface area contributed by atoms with Gasteiger partial charge in [-0.15, -0.1) is 0 Å². The summed E-state index contributed by atoms with van der Waals surface area (Å²) in [4.78, 5) is 19.0. The zero-order valence-corrected chi connectivity index (χ0v) is 15.5. The van der Waals surface area contributed by atoms with Gasteiger partial charge in [-0.2, -0.15) is 5.10 Å². The molecule has 1 fully saturated rings. The Balaban J connectivity index is 1.49. The molecule has 0 spiro atoms. The van der Waals surface area contributed by atoms with Crippen molar-refractivity contribution in [3.8, 4) is 0 Å². The molecule has 1 saturated heterocycles. The lowest BCUT2D eigenvalue weighted by atomic mass is 10.2. The molecule has 7 nitrogen and oxygen atoms in total. The third kappa shape index (κ3) is 4.04. The van der Waals surface area contributed by atoms with Gasteiger partial charge in [-0.25, -0.2) is 4.79 Å². The van der Waals surface area contributed by atoms with Gasteiger partial charge in [-0.3, -0.25) is 9.67 Å². The van der Waals surface area contributed by atoms with Gasteiger partial charge in [0.25, 0.3) is 0 Å². The highest BCUT2D eigenvalue weighted by Gasteiger charge is 2.23. The Labute approximate surface area is 161 Å². The second-order valence-electron chi connectivity index (χ2n) is 6.45. The summed E-state index contributed by atoms with van der Waals surface area (Å²) in [7, 11) is 0. The number of ether oxygens (including phenoxy) is 1. The van der Waals surface area contributed by atoms with E-state index in [9.17, 15) is 4.79 Å². The molecule has 0 radical (unpaired) electrons. The SMILES string of the molecule is O=C(Nc1ccc(Cl)c2ncccc12)N1CCCO[C@@H](Cn2cccn2)C1. The third-order valence-electron chi connectivity index (χ3n) is 4.55. The van der Waals surface area contributed by atoms with Crippen LogP contribution in [0.1, 0.15) is 6.42 Å². The number of hydrogen-bond donors (Lipinski definition) is 1. The third-order valence-corrected chi connectivity index (χ3v) is 4.85. The Morgan fingerprint density at radius 3 is 3.07 bits per heavy atom. The number of rotatable bonds is 3. The molecule has 1 N–H and O–H groups in total. The number of carbonyl (C=O) groups excluding carboxylic acids is 1. The van der Waals surface area contributed by atoms with Crippen LogP contribution in [-0.2, 0) is 11.3 Å². The van der Waals surface area contributed by atoms with E-state index in [1.54, 1.807) is 29.4 Å². The molecule has 140 valence electrons. The van der Waals surface area contributed by atoms with Crippen molar-refractivity contribution in [1.29, 1.82) is 0 Å². The van der Waals surface area contributed by atoms with Crippen LogP contribution in [0.25, 0.3) is 10.9 Å². The highest BCUT2D eigenvalue weighted by atomic mass is 35.5. The maximum Gasteiger partial charge on any atom is 0.321 e. The van der Waals surface area contributed by atoms with E-state index in [2.05, 4.69) is 15.4 Å². The normalized spacial score (nSPS) is 17.7. The Bertz CT molecular complexity index is 931. The zero-order valence-electron chi connectivity index (χ0n) is 14.7. The first-order valence-corrected chi connectivity index (χ1v) is 9.27. The van der Waals surface area contributed by atoms with E-state index in [-0.39, 0.29) is 12.1 Å². The Hall–Kier alpha value is -2.64. The molecule has 8 heteroatoms. The number of aromatic nitrogens is 3. The Kier molecular flexibility index (Phi) is 5.22. The fourth-order valence-electron chi connectivity index (χ4n) is 3.25. The van der Waals surface area contributed by atoms with Crippen LogP contribution in [0.5, 0.6) is 0 Å². The predicted octanol–water partition coefficient (Wildman–Crippen LogP) is 3.41. The number of halogens is 1. The van der Waals surface area contributed by atoms with Crippen molar-refractivity contribution in [3.05, 3.63) is 53.9 Å². The van der Waals surface area contributed by atoms with Gasteiger partial charge in [0.1, 0.15) is 0 Å². The van der Waals surface area contributed by atoms with Crippen LogP contribution in [0, 0.1) is 0 Å². The average molecular weight is 386 g/mol. The summed E-state index contributed by atoms with van der Waals surface area (Å²) >= 11 is 6.21. The van der Waals surface area contributed by atoms with Crippen LogP contribution in [0.15, 0.2) is 48.9 Å². The summed E-state index contributed by atoms with van der Waals surface area (Å²) in [6.07, 6.45) is 6.02. The van der Waals surface area contributed by atoms with Gasteiger partial charge in [-0.05, 0) is 36.8 Å². The molecule has 1 aliphatic rings. The minimum absolute atomic E-state index is 0.0956. The van der Waals surface area contributed by atoms with Crippen LogP contribution in [0.3, 0.4) is 0 Å². The van der Waals surface area contributed by atoms with Crippen molar-refractivity contribution in [1.82, 2.24) is 19.7 Å². The minimum atomic E-state index is -0.154. The quantitative estimate of drug-likeness (QED) is 0.749. The number of amides is 2. The number of nitrogens with one attached hydrogen (secondary N) is 1. The van der Waals surface area contributed by atoms with Crippen molar-refractivity contribution < 1.29 is 9.53 Å². The lowest BCUT2D eigenvalue weighted by Gasteiger charge is -2.24. The fourth-order valence-corrected chi connectivity index (χ4v) is 3.46. The molecule has 4 rings (SSSR count). The van der Waals surface area contributed by atoms with Gasteiger partial charge in [-0.1, -0.05) is 11.6 Å². The van der Waals surface area contributed by atoms with Gasteiger partial charge in [0, 0.05) is 37.1 Å². The predicted molar refractivity (Wildman–Crippen MR) is 104 cm³/mol. The van der Waals surface area contributed by atoms with Gasteiger partial charge < -0.3 is 15.0 Å². The van der Waals surface area contributed by atoms with Crippen LogP contribution in [-0.4, -0.2) is 51.5 Å². The van der Waals surface area contributed by atoms with Crippen LogP contribution in [0.2, 0.25) is 5.02 Å². The summed E-state index contributed by atoms with van der Waals surface area (Å²) in [6.45, 7) is 2.40. The molecular weight excluding hydrogens is 366 g/mol. The molecule has 0 aliphatic carbocycles. The molecule has 3 heterocycles. The smallest absolute Gasteiger partial charge is 0.321 e. The van der Waals surface area contributed by atoms with Crippen LogP contribution < -0.4 is 5.32 Å². The van der Waals surface area contributed by atoms with Crippen molar-refractivity contribution in [2.75, 3.05) is 25.0 Å². The number of anilines is 1. The standard InChI is InChI=1S/C19H20ClN5O2/c20-16-5-6-17(15-4-1-7-21-18(15)16)23-19(26)24-9-3-11-27-14(12-24)13-25-10-2-8-22-25/h1-2,4-8,10,14H,3,9,11-13H2,(H,23,26)/t14-/m1/s1. The molecule has 0 bridgehead atoms. The Morgan fingerprint density at radius 2 is 2.22 bits per heavy atom. The van der Waals surface area contributed by atoms with E-state index in [0.717, 1.165) is 11.8 Å². The number of nitrogens with zero attached hydrogens (tertiary/aromatic N) is 4. The molecule has 2 amide bonds. The molecule has 1 aliphatic heterocycles. The summed E-state index contributed by atoms with van der Waals surface area (Å²) in [5.41, 5.74) is 1.37. The van der Waals surface area contributed by atoms with Gasteiger partial charge in [0.15, 0.2) is 0 Å². The molecule has 0 unspecified atom stereocenters. The average Bonchev–Trinajstić information content (AvgIpc) is 3.08. The molecule has 1 atom stereocenters. The first-order chi connectivity index (χ1) is 13.2. The summed E-state index contributed by atoms with van der Waals surface area (Å²) in [6, 6.07) is 9.00. The number of hydrogen-bond acceptors (Lipinski definition) is 4. The van der Waals surface area contributed by atoms with Crippen molar-refractivity contribution in [2.24, 2.45) is 0 Å². The lowest BCUT2D eigenvalue weighted by Crippen LogP contribution is -2.41. The molecule has 3 aromatic rings. The maximum atomic E-state index is 12.9. The largest absolute Gasteiger partial charge is 0.374 e. The zero-order chi connectivity index (χ0) is 18.6.